The number of likely N-dealkylation sites (N-methyl/N-ethyl adjacent to an activating group) is 1. The fraction of sp³-hybridized carbons (Fsp3) is 1.00. The van der Waals surface area contributed by atoms with Crippen molar-refractivity contribution in [1.29, 1.82) is 0 Å². The van der Waals surface area contributed by atoms with Crippen molar-refractivity contribution in [3.63, 3.8) is 0 Å². The summed E-state index contributed by atoms with van der Waals surface area (Å²) >= 11 is 0. The van der Waals surface area contributed by atoms with Gasteiger partial charge in [0.15, 0.2) is 0 Å². The summed E-state index contributed by atoms with van der Waals surface area (Å²) in [5.41, 5.74) is 0. The van der Waals surface area contributed by atoms with Crippen molar-refractivity contribution in [2.45, 2.75) is 31.8 Å². The van der Waals surface area contributed by atoms with E-state index in [-0.39, 0.29) is 0 Å². The Kier molecular flexibility index (Phi) is 5.06. The minimum absolute atomic E-state index is 0.529. The topological polar surface area (TPSA) is 32.3 Å². The highest BCUT2D eigenvalue weighted by molar-refractivity contribution is 7.85. The van der Waals surface area contributed by atoms with Gasteiger partial charge in [-0.25, -0.2) is 0 Å². The molecule has 0 aromatic rings. The molecule has 0 bridgehead atoms. The Hall–Kier alpha value is 0.0700. The first-order chi connectivity index (χ1) is 6.58. The minimum atomic E-state index is -0.537. The zero-order chi connectivity index (χ0) is 10.6. The molecule has 0 aliphatic carbocycles. The molecule has 1 saturated heterocycles. The summed E-state index contributed by atoms with van der Waals surface area (Å²) in [5.74, 6) is 1.76. The van der Waals surface area contributed by atoms with E-state index in [0.29, 0.717) is 12.1 Å². The summed E-state index contributed by atoms with van der Waals surface area (Å²) in [6, 6.07) is 1.11. The summed E-state index contributed by atoms with van der Waals surface area (Å²) in [6.45, 7) is 3.28. The van der Waals surface area contributed by atoms with Crippen molar-refractivity contribution in [3.8, 4) is 0 Å². The maximum absolute atomic E-state index is 11.1. The van der Waals surface area contributed by atoms with Crippen LogP contribution in [0.25, 0.3) is 0 Å². The highest BCUT2D eigenvalue weighted by Crippen LogP contribution is 2.09. The molecule has 0 aromatic carbocycles. The van der Waals surface area contributed by atoms with E-state index < -0.39 is 10.8 Å². The molecule has 1 atom stereocenters. The third-order valence-electron chi connectivity index (χ3n) is 2.55. The summed E-state index contributed by atoms with van der Waals surface area (Å²) in [6.07, 6.45) is 2.15. The van der Waals surface area contributed by atoms with Gasteiger partial charge in [-0.2, -0.15) is 0 Å². The van der Waals surface area contributed by atoms with Crippen LogP contribution in [-0.4, -0.2) is 53.3 Å². The van der Waals surface area contributed by atoms with E-state index in [4.69, 9.17) is 0 Å². The maximum atomic E-state index is 11.1. The average Bonchev–Trinajstić information content (AvgIpc) is 2.07. The lowest BCUT2D eigenvalue weighted by Crippen LogP contribution is -2.44. The molecule has 1 rings (SSSR count). The largest absolute Gasteiger partial charge is 0.310 e. The van der Waals surface area contributed by atoms with E-state index in [1.807, 2.05) is 0 Å². The lowest BCUT2D eigenvalue weighted by Gasteiger charge is -2.27. The van der Waals surface area contributed by atoms with Crippen molar-refractivity contribution >= 4 is 10.8 Å². The second-order valence-corrected chi connectivity index (χ2v) is 6.15. The fourth-order valence-electron chi connectivity index (χ4n) is 1.96. The number of hydrogen-bond donors (Lipinski definition) is 1. The lowest BCUT2D eigenvalue weighted by atomic mass is 10.1. The van der Waals surface area contributed by atoms with Gasteiger partial charge in [-0.1, -0.05) is 0 Å². The van der Waals surface area contributed by atoms with E-state index >= 15 is 0 Å². The first kappa shape index (κ1) is 12.1. The molecular formula is C10H22N2OS. The van der Waals surface area contributed by atoms with Crippen LogP contribution in [0, 0.1) is 0 Å². The van der Waals surface area contributed by atoms with Crippen molar-refractivity contribution in [3.05, 3.63) is 0 Å². The molecule has 1 heterocycles. The van der Waals surface area contributed by atoms with E-state index in [9.17, 15) is 4.21 Å². The molecular weight excluding hydrogens is 196 g/mol. The molecule has 0 radical (unpaired) electrons. The Balaban J connectivity index is 2.20. The van der Waals surface area contributed by atoms with Gasteiger partial charge in [-0.15, -0.1) is 0 Å². The van der Waals surface area contributed by atoms with E-state index in [1.165, 1.54) is 0 Å². The molecule has 0 spiro atoms. The molecule has 4 heteroatoms. The fourth-order valence-corrected chi connectivity index (χ4v) is 3.26. The standard InChI is InChI=1S/C10H22N2OS/c1-9(8-12(2)3)11-10-4-6-14(13)7-5-10/h9-11H,4-8H2,1-3H3. The second kappa shape index (κ2) is 5.83. The molecule has 0 amide bonds. The Morgan fingerprint density at radius 1 is 1.43 bits per heavy atom. The highest BCUT2D eigenvalue weighted by atomic mass is 32.2. The zero-order valence-corrected chi connectivity index (χ0v) is 10.3. The quantitative estimate of drug-likeness (QED) is 0.743. The van der Waals surface area contributed by atoms with Gasteiger partial charge in [0.25, 0.3) is 0 Å². The number of hydrogen-bond acceptors (Lipinski definition) is 3. The van der Waals surface area contributed by atoms with Crippen molar-refractivity contribution in [2.75, 3.05) is 32.1 Å². The third-order valence-corrected chi connectivity index (χ3v) is 3.93. The van der Waals surface area contributed by atoms with Gasteiger partial charge < -0.3 is 10.2 Å². The Labute approximate surface area is 89.7 Å². The molecule has 14 heavy (non-hydrogen) atoms. The van der Waals surface area contributed by atoms with Crippen LogP contribution >= 0.6 is 0 Å². The van der Waals surface area contributed by atoms with Gasteiger partial charge in [0.1, 0.15) is 0 Å². The van der Waals surface area contributed by atoms with Crippen LogP contribution in [0.4, 0.5) is 0 Å². The third kappa shape index (κ3) is 4.53. The predicted molar refractivity (Wildman–Crippen MR) is 62.1 cm³/mol. The van der Waals surface area contributed by atoms with Crippen LogP contribution in [0.3, 0.4) is 0 Å². The first-order valence-corrected chi connectivity index (χ1v) is 6.82. The first-order valence-electron chi connectivity index (χ1n) is 5.33. The molecule has 3 nitrogen and oxygen atoms in total. The maximum Gasteiger partial charge on any atom is 0.0249 e. The van der Waals surface area contributed by atoms with Crippen molar-refractivity contribution < 1.29 is 4.21 Å². The monoisotopic (exact) mass is 218 g/mol. The number of nitrogens with one attached hydrogen (secondary N) is 1. The van der Waals surface area contributed by atoms with Gasteiger partial charge >= 0.3 is 0 Å². The summed E-state index contributed by atoms with van der Waals surface area (Å²) in [4.78, 5) is 2.19. The van der Waals surface area contributed by atoms with Crippen LogP contribution in [0.15, 0.2) is 0 Å². The van der Waals surface area contributed by atoms with Crippen molar-refractivity contribution in [1.82, 2.24) is 10.2 Å². The SMILES string of the molecule is CC(CN(C)C)NC1CCS(=O)CC1. The van der Waals surface area contributed by atoms with Gasteiger partial charge in [0.05, 0.1) is 0 Å². The Morgan fingerprint density at radius 3 is 2.50 bits per heavy atom. The Morgan fingerprint density at radius 2 is 2.00 bits per heavy atom. The van der Waals surface area contributed by atoms with Gasteiger partial charge in [-0.3, -0.25) is 4.21 Å². The lowest BCUT2D eigenvalue weighted by molar-refractivity contribution is 0.320. The molecule has 1 fully saturated rings. The average molecular weight is 218 g/mol. The molecule has 1 N–H and O–H groups in total. The van der Waals surface area contributed by atoms with E-state index in [0.717, 1.165) is 30.9 Å². The summed E-state index contributed by atoms with van der Waals surface area (Å²) in [5, 5.41) is 3.59. The molecule has 0 aromatic heterocycles. The van der Waals surface area contributed by atoms with Crippen LogP contribution in [0.1, 0.15) is 19.8 Å². The predicted octanol–water partition coefficient (Wildman–Crippen LogP) is 0.437. The Bertz CT molecular complexity index is 187. The minimum Gasteiger partial charge on any atom is -0.310 e. The van der Waals surface area contributed by atoms with Gasteiger partial charge in [0.2, 0.25) is 0 Å². The molecule has 1 aliphatic rings. The van der Waals surface area contributed by atoms with Crippen LogP contribution in [0.5, 0.6) is 0 Å². The van der Waals surface area contributed by atoms with Crippen molar-refractivity contribution in [2.24, 2.45) is 0 Å². The van der Waals surface area contributed by atoms with E-state index in [2.05, 4.69) is 31.2 Å². The number of rotatable bonds is 4. The normalized spacial score (nSPS) is 30.6. The van der Waals surface area contributed by atoms with Crippen LogP contribution in [-0.2, 0) is 10.8 Å². The molecule has 0 saturated carbocycles. The second-order valence-electron chi connectivity index (χ2n) is 4.45. The highest BCUT2D eigenvalue weighted by Gasteiger charge is 2.19. The molecule has 1 aliphatic heterocycles. The van der Waals surface area contributed by atoms with Gasteiger partial charge in [-0.05, 0) is 33.9 Å². The van der Waals surface area contributed by atoms with Crippen LogP contribution < -0.4 is 5.32 Å². The zero-order valence-electron chi connectivity index (χ0n) is 9.45. The molecule has 84 valence electrons. The summed E-state index contributed by atoms with van der Waals surface area (Å²) < 4.78 is 11.1. The van der Waals surface area contributed by atoms with E-state index in [1.54, 1.807) is 0 Å². The van der Waals surface area contributed by atoms with Crippen LogP contribution in [0.2, 0.25) is 0 Å². The number of nitrogens with zero attached hydrogens (tertiary/aromatic N) is 1. The smallest absolute Gasteiger partial charge is 0.0249 e. The molecule has 1 unspecified atom stereocenters. The van der Waals surface area contributed by atoms with Gasteiger partial charge in [0, 0.05) is 40.9 Å². The summed E-state index contributed by atoms with van der Waals surface area (Å²) in [7, 11) is 3.65.